The zero-order chi connectivity index (χ0) is 38.2. The van der Waals surface area contributed by atoms with E-state index in [-0.39, 0.29) is 0 Å². The summed E-state index contributed by atoms with van der Waals surface area (Å²) >= 11 is 1.87. The summed E-state index contributed by atoms with van der Waals surface area (Å²) in [5, 5.41) is 7.15. The number of furan rings is 2. The Hall–Kier alpha value is -7.40. The molecule has 0 aliphatic rings. The SMILES string of the molecule is c1ccc2c(c1)oc1ccc(-c3ccc(N(c4ccc(-c5cccc6c5oc5ccccc56)cc4)c4ccc(-c5cccc6c5sc5ccccc56)cc4)cc3)cc12. The van der Waals surface area contributed by atoms with Gasteiger partial charge in [-0.1, -0.05) is 133 Å². The van der Waals surface area contributed by atoms with E-state index in [9.17, 15) is 0 Å². The van der Waals surface area contributed by atoms with Crippen LogP contribution >= 0.6 is 11.3 Å². The highest BCUT2D eigenvalue weighted by Crippen LogP contribution is 2.43. The Balaban J connectivity index is 0.947. The van der Waals surface area contributed by atoms with Crippen molar-refractivity contribution in [2.75, 3.05) is 4.90 Å². The van der Waals surface area contributed by atoms with Crippen LogP contribution in [0.15, 0.2) is 209 Å². The largest absolute Gasteiger partial charge is 0.456 e. The lowest BCUT2D eigenvalue weighted by Crippen LogP contribution is -2.09. The monoisotopic (exact) mass is 759 g/mol. The van der Waals surface area contributed by atoms with Crippen LogP contribution in [0.3, 0.4) is 0 Å². The Bertz CT molecular complexity index is 3340. The van der Waals surface area contributed by atoms with E-state index in [4.69, 9.17) is 8.83 Å². The first-order chi connectivity index (χ1) is 28.7. The molecule has 0 bridgehead atoms. The summed E-state index contributed by atoms with van der Waals surface area (Å²) in [4.78, 5) is 2.34. The summed E-state index contributed by atoms with van der Waals surface area (Å²) in [6, 6.07) is 71.5. The molecule has 0 saturated heterocycles. The molecule has 0 fully saturated rings. The van der Waals surface area contributed by atoms with Crippen molar-refractivity contribution in [1.82, 2.24) is 0 Å². The molecule has 0 aliphatic heterocycles. The van der Waals surface area contributed by atoms with E-state index in [2.05, 4.69) is 181 Å². The molecule has 0 N–H and O–H groups in total. The van der Waals surface area contributed by atoms with Gasteiger partial charge in [-0.2, -0.15) is 0 Å². The minimum absolute atomic E-state index is 0.903. The number of anilines is 3. The molecule has 0 aliphatic carbocycles. The van der Waals surface area contributed by atoms with Crippen molar-refractivity contribution in [1.29, 1.82) is 0 Å². The molecule has 3 nitrogen and oxygen atoms in total. The fraction of sp³-hybridized carbons (Fsp3) is 0. The highest BCUT2D eigenvalue weighted by atomic mass is 32.1. The summed E-state index contributed by atoms with van der Waals surface area (Å²) in [5.74, 6) is 0. The maximum atomic E-state index is 6.42. The molecule has 272 valence electrons. The van der Waals surface area contributed by atoms with Gasteiger partial charge in [0.1, 0.15) is 22.3 Å². The van der Waals surface area contributed by atoms with E-state index in [0.717, 1.165) is 83.2 Å². The topological polar surface area (TPSA) is 29.5 Å². The van der Waals surface area contributed by atoms with Gasteiger partial charge in [0, 0.05) is 64.3 Å². The maximum absolute atomic E-state index is 6.42. The van der Waals surface area contributed by atoms with Crippen LogP contribution in [0.4, 0.5) is 17.1 Å². The Morgan fingerprint density at radius 2 is 0.828 bits per heavy atom. The summed E-state index contributed by atoms with van der Waals surface area (Å²) in [5.41, 5.74) is 13.8. The van der Waals surface area contributed by atoms with Crippen LogP contribution in [0.1, 0.15) is 0 Å². The molecule has 0 unspecified atom stereocenters. The second-order valence-corrected chi connectivity index (χ2v) is 15.9. The van der Waals surface area contributed by atoms with Crippen LogP contribution in [0.2, 0.25) is 0 Å². The van der Waals surface area contributed by atoms with E-state index in [1.54, 1.807) is 0 Å². The van der Waals surface area contributed by atoms with Gasteiger partial charge in [-0.3, -0.25) is 0 Å². The summed E-state index contributed by atoms with van der Waals surface area (Å²) in [7, 11) is 0. The maximum Gasteiger partial charge on any atom is 0.143 e. The Labute approximate surface area is 338 Å². The first-order valence-corrected chi connectivity index (χ1v) is 20.4. The highest BCUT2D eigenvalue weighted by Gasteiger charge is 2.17. The molecule has 0 saturated carbocycles. The summed E-state index contributed by atoms with van der Waals surface area (Å²) in [6.07, 6.45) is 0. The third-order valence-corrected chi connectivity index (χ3v) is 12.7. The van der Waals surface area contributed by atoms with E-state index < -0.39 is 0 Å². The first kappa shape index (κ1) is 32.8. The number of nitrogens with zero attached hydrogens (tertiary/aromatic N) is 1. The molecule has 0 spiro atoms. The van der Waals surface area contributed by atoms with Gasteiger partial charge in [-0.05, 0) is 94.5 Å². The number of rotatable bonds is 6. The molecule has 9 aromatic carbocycles. The Morgan fingerprint density at radius 1 is 0.328 bits per heavy atom. The highest BCUT2D eigenvalue weighted by molar-refractivity contribution is 7.26. The molecule has 4 heteroatoms. The average molecular weight is 760 g/mol. The van der Waals surface area contributed by atoms with E-state index in [0.29, 0.717) is 0 Å². The number of hydrogen-bond acceptors (Lipinski definition) is 4. The molecular formula is C54H33NO2S. The lowest BCUT2D eigenvalue weighted by molar-refractivity contribution is 0.669. The van der Waals surface area contributed by atoms with Crippen molar-refractivity contribution in [3.05, 3.63) is 200 Å². The molecule has 12 aromatic rings. The molecule has 3 heterocycles. The van der Waals surface area contributed by atoms with Crippen LogP contribution in [-0.2, 0) is 0 Å². The molecule has 0 radical (unpaired) electrons. The Morgan fingerprint density at radius 3 is 1.53 bits per heavy atom. The number of benzene rings is 9. The minimum Gasteiger partial charge on any atom is -0.456 e. The summed E-state index contributed by atoms with van der Waals surface area (Å²) in [6.45, 7) is 0. The van der Waals surface area contributed by atoms with Gasteiger partial charge >= 0.3 is 0 Å². The Kier molecular flexibility index (Phi) is 7.40. The van der Waals surface area contributed by atoms with Crippen LogP contribution < -0.4 is 4.90 Å². The van der Waals surface area contributed by atoms with Gasteiger partial charge in [0.15, 0.2) is 0 Å². The predicted molar refractivity (Wildman–Crippen MR) is 245 cm³/mol. The fourth-order valence-electron chi connectivity index (χ4n) is 8.68. The number of para-hydroxylation sites is 3. The van der Waals surface area contributed by atoms with E-state index in [1.807, 2.05) is 35.6 Å². The van der Waals surface area contributed by atoms with Crippen molar-refractivity contribution in [3.8, 4) is 33.4 Å². The van der Waals surface area contributed by atoms with E-state index in [1.165, 1.54) is 31.3 Å². The average Bonchev–Trinajstić information content (AvgIpc) is 3.98. The minimum atomic E-state index is 0.903. The smallest absolute Gasteiger partial charge is 0.143 e. The van der Waals surface area contributed by atoms with Gasteiger partial charge in [0.2, 0.25) is 0 Å². The number of hydrogen-bond donors (Lipinski definition) is 0. The fourth-order valence-corrected chi connectivity index (χ4v) is 9.92. The van der Waals surface area contributed by atoms with Crippen molar-refractivity contribution >= 4 is 92.4 Å². The number of thiophene rings is 1. The van der Waals surface area contributed by atoms with Crippen LogP contribution in [0.5, 0.6) is 0 Å². The van der Waals surface area contributed by atoms with Crippen LogP contribution in [0.25, 0.3) is 97.4 Å². The van der Waals surface area contributed by atoms with Crippen LogP contribution in [0, 0.1) is 0 Å². The summed E-state index contributed by atoms with van der Waals surface area (Å²) < 4.78 is 15.2. The van der Waals surface area contributed by atoms with Crippen molar-refractivity contribution in [3.63, 3.8) is 0 Å². The lowest BCUT2D eigenvalue weighted by atomic mass is 10.0. The second-order valence-electron chi connectivity index (χ2n) is 14.8. The molecule has 0 amide bonds. The zero-order valence-corrected chi connectivity index (χ0v) is 32.0. The first-order valence-electron chi connectivity index (χ1n) is 19.6. The van der Waals surface area contributed by atoms with E-state index >= 15 is 0 Å². The van der Waals surface area contributed by atoms with Gasteiger partial charge in [-0.25, -0.2) is 0 Å². The molecule has 12 rings (SSSR count). The van der Waals surface area contributed by atoms with Gasteiger partial charge in [-0.15, -0.1) is 11.3 Å². The lowest BCUT2D eigenvalue weighted by Gasteiger charge is -2.26. The standard InChI is InChI=1S/C54H33NO2S/c1-5-17-50-43(9-1)46-14-7-12-41(53(46)57-50)35-21-28-39(29-22-35)55(38-26-19-34(20-27-38)37-25-32-51-48(33-37)44-10-2-4-16-49(44)56-51)40-30-23-36(24-31-40)42-13-8-15-47-45-11-3-6-18-52(45)58-54(42)47/h1-33H. The third-order valence-electron chi connectivity index (χ3n) is 11.5. The van der Waals surface area contributed by atoms with Gasteiger partial charge in [0.25, 0.3) is 0 Å². The van der Waals surface area contributed by atoms with Crippen molar-refractivity contribution in [2.45, 2.75) is 0 Å². The van der Waals surface area contributed by atoms with Crippen molar-refractivity contribution in [2.24, 2.45) is 0 Å². The molecule has 3 aromatic heterocycles. The van der Waals surface area contributed by atoms with Gasteiger partial charge < -0.3 is 13.7 Å². The quantitative estimate of drug-likeness (QED) is 0.169. The molecule has 58 heavy (non-hydrogen) atoms. The van der Waals surface area contributed by atoms with Crippen LogP contribution in [-0.4, -0.2) is 0 Å². The second kappa shape index (κ2) is 13.1. The molecular weight excluding hydrogens is 727 g/mol. The van der Waals surface area contributed by atoms with Gasteiger partial charge in [0.05, 0.1) is 0 Å². The molecule has 0 atom stereocenters. The number of fused-ring (bicyclic) bond motifs is 9. The zero-order valence-electron chi connectivity index (χ0n) is 31.2. The third kappa shape index (κ3) is 5.27. The normalized spacial score (nSPS) is 11.8. The van der Waals surface area contributed by atoms with Crippen molar-refractivity contribution < 1.29 is 8.83 Å². The predicted octanol–water partition coefficient (Wildman–Crippen LogP) is 16.3.